The molecule has 0 bridgehead atoms. The summed E-state index contributed by atoms with van der Waals surface area (Å²) in [5.74, 6) is 0.362. The first-order valence-electron chi connectivity index (χ1n) is 12.2. The van der Waals surface area contributed by atoms with Crippen LogP contribution in [0.5, 0.6) is 0 Å². The molecular weight excluding hydrogens is 464 g/mol. The Labute approximate surface area is 208 Å². The maximum Gasteiger partial charge on any atom is 0.355 e. The number of hydrogen-bond donors (Lipinski definition) is 1. The van der Waals surface area contributed by atoms with E-state index in [-0.39, 0.29) is 28.1 Å². The van der Waals surface area contributed by atoms with Crippen molar-refractivity contribution in [2.75, 3.05) is 20.1 Å². The number of hydrogen-bond acceptors (Lipinski definition) is 9. The van der Waals surface area contributed by atoms with Crippen molar-refractivity contribution >= 4 is 29.2 Å². The second-order valence-electron chi connectivity index (χ2n) is 9.31. The number of aromatic nitrogens is 4. The van der Waals surface area contributed by atoms with Gasteiger partial charge in [0.15, 0.2) is 5.65 Å². The second kappa shape index (κ2) is 11.3. The number of carbonyl (C=O) groups excluding carboxylic acids is 3. The third-order valence-corrected chi connectivity index (χ3v) is 6.46. The number of fused-ring (bicyclic) bond motifs is 1. The van der Waals surface area contributed by atoms with E-state index in [1.54, 1.807) is 19.3 Å². The summed E-state index contributed by atoms with van der Waals surface area (Å²) in [6.07, 6.45) is 5.81. The molecule has 1 atom stereocenters. The Kier molecular flexibility index (Phi) is 7.99. The largest absolute Gasteiger partial charge is 0.417 e. The first-order chi connectivity index (χ1) is 17.4. The fraction of sp³-hybridized carbons (Fsp3) is 0.480. The van der Waals surface area contributed by atoms with Gasteiger partial charge in [0.2, 0.25) is 11.8 Å². The van der Waals surface area contributed by atoms with Gasteiger partial charge < -0.3 is 9.73 Å². The van der Waals surface area contributed by atoms with Gasteiger partial charge in [0.1, 0.15) is 43.6 Å². The molecule has 190 valence electrons. The summed E-state index contributed by atoms with van der Waals surface area (Å²) in [6, 6.07) is 6.96. The fourth-order valence-corrected chi connectivity index (χ4v) is 4.36. The molecule has 0 unspecified atom stereocenters. The standard InChI is InChI=1S/C25H30N6O5/c1-3-19(33)9-5-4-6-10-20(28-23(34)18-14-31(2,15-18)35-16-32)24-29-30-25(36-24)21-12-11-17-8-7-13-26-22(17)27-21/h7-8,11-13,16,18,20H,3-6,9-10,14-15H2,1-2H3/p+1/t18?,20-,31?/m0/s1. The number of unbranched alkanes of at least 4 members (excludes halogenated alkanes) is 2. The normalized spacial score (nSPS) is 19.9. The molecule has 4 heterocycles. The molecule has 1 amide bonds. The number of nitrogens with one attached hydrogen (secondary N) is 1. The Balaban J connectivity index is 1.44. The minimum atomic E-state index is -0.481. The summed E-state index contributed by atoms with van der Waals surface area (Å²) in [4.78, 5) is 49.0. The summed E-state index contributed by atoms with van der Waals surface area (Å²) >= 11 is 0. The molecule has 0 radical (unpaired) electrons. The van der Waals surface area contributed by atoms with Crippen molar-refractivity contribution in [3.63, 3.8) is 0 Å². The van der Waals surface area contributed by atoms with Crippen molar-refractivity contribution in [1.82, 2.24) is 25.5 Å². The topological polar surface area (TPSA) is 137 Å². The zero-order chi connectivity index (χ0) is 25.5. The summed E-state index contributed by atoms with van der Waals surface area (Å²) in [5.41, 5.74) is 1.08. The van der Waals surface area contributed by atoms with E-state index in [1.807, 2.05) is 25.1 Å². The lowest BCUT2D eigenvalue weighted by Gasteiger charge is -2.41. The van der Waals surface area contributed by atoms with Gasteiger partial charge in [-0.2, -0.15) is 0 Å². The van der Waals surface area contributed by atoms with E-state index in [4.69, 9.17) is 9.25 Å². The minimum Gasteiger partial charge on any atom is -0.417 e. The molecule has 1 saturated heterocycles. The van der Waals surface area contributed by atoms with Crippen LogP contribution in [0.2, 0.25) is 0 Å². The molecule has 0 aliphatic carbocycles. The molecule has 11 nitrogen and oxygen atoms in total. The lowest BCUT2D eigenvalue weighted by molar-refractivity contribution is -1.11. The van der Waals surface area contributed by atoms with Gasteiger partial charge in [0.05, 0.1) is 0 Å². The molecule has 0 saturated carbocycles. The van der Waals surface area contributed by atoms with Crippen LogP contribution in [0.4, 0.5) is 0 Å². The highest BCUT2D eigenvalue weighted by Gasteiger charge is 2.48. The zero-order valence-electron chi connectivity index (χ0n) is 20.6. The summed E-state index contributed by atoms with van der Waals surface area (Å²) in [5, 5.41) is 12.3. The first kappa shape index (κ1) is 25.4. The number of pyridine rings is 2. The molecular formula is C25H31N6O5+. The van der Waals surface area contributed by atoms with Gasteiger partial charge in [-0.05, 0) is 37.1 Å². The Morgan fingerprint density at radius 1 is 1.22 bits per heavy atom. The average Bonchev–Trinajstić information content (AvgIpc) is 3.36. The van der Waals surface area contributed by atoms with E-state index >= 15 is 0 Å². The molecule has 1 aliphatic heterocycles. The van der Waals surface area contributed by atoms with E-state index in [2.05, 4.69) is 25.5 Å². The molecule has 3 aromatic heterocycles. The lowest BCUT2D eigenvalue weighted by Crippen LogP contribution is -2.64. The number of likely N-dealkylation sites (tertiary alicyclic amines) is 1. The van der Waals surface area contributed by atoms with Crippen LogP contribution in [0.25, 0.3) is 22.6 Å². The summed E-state index contributed by atoms with van der Waals surface area (Å²) < 4.78 is 6.02. The number of hydroxylamine groups is 3. The second-order valence-corrected chi connectivity index (χ2v) is 9.31. The van der Waals surface area contributed by atoms with Crippen molar-refractivity contribution in [2.24, 2.45) is 5.92 Å². The molecule has 1 fully saturated rings. The molecule has 0 aromatic carbocycles. The molecule has 1 N–H and O–H groups in total. The van der Waals surface area contributed by atoms with Crippen LogP contribution in [-0.2, 0) is 19.2 Å². The predicted molar refractivity (Wildman–Crippen MR) is 129 cm³/mol. The van der Waals surface area contributed by atoms with Crippen molar-refractivity contribution in [2.45, 2.75) is 51.5 Å². The fourth-order valence-electron chi connectivity index (χ4n) is 4.36. The van der Waals surface area contributed by atoms with Gasteiger partial charge in [0.25, 0.3) is 5.89 Å². The van der Waals surface area contributed by atoms with Gasteiger partial charge in [-0.15, -0.1) is 14.8 Å². The van der Waals surface area contributed by atoms with Crippen molar-refractivity contribution in [1.29, 1.82) is 0 Å². The molecule has 36 heavy (non-hydrogen) atoms. The molecule has 4 rings (SSSR count). The Hall–Kier alpha value is -3.73. The Morgan fingerprint density at radius 2 is 2.06 bits per heavy atom. The molecule has 11 heteroatoms. The molecule has 1 aliphatic rings. The smallest absolute Gasteiger partial charge is 0.355 e. The monoisotopic (exact) mass is 495 g/mol. The average molecular weight is 496 g/mol. The van der Waals surface area contributed by atoms with E-state index in [9.17, 15) is 14.4 Å². The number of amides is 1. The summed E-state index contributed by atoms with van der Waals surface area (Å²) in [6.45, 7) is 3.07. The first-order valence-corrected chi connectivity index (χ1v) is 12.2. The quantitative estimate of drug-likeness (QED) is 0.215. The lowest BCUT2D eigenvalue weighted by atomic mass is 9.98. The molecule has 0 spiro atoms. The Bertz CT molecular complexity index is 1220. The third-order valence-electron chi connectivity index (χ3n) is 6.46. The zero-order valence-corrected chi connectivity index (χ0v) is 20.6. The minimum absolute atomic E-state index is 0.0735. The van der Waals surface area contributed by atoms with Crippen LogP contribution < -0.4 is 5.32 Å². The molecule has 3 aromatic rings. The van der Waals surface area contributed by atoms with Gasteiger partial charge in [-0.3, -0.25) is 14.4 Å². The maximum atomic E-state index is 12.9. The number of nitrogens with zero attached hydrogens (tertiary/aromatic N) is 5. The van der Waals surface area contributed by atoms with E-state index in [0.29, 0.717) is 56.1 Å². The number of quaternary nitrogens is 1. The van der Waals surface area contributed by atoms with Gasteiger partial charge in [0, 0.05) is 24.4 Å². The third kappa shape index (κ3) is 6.09. The number of rotatable bonds is 13. The van der Waals surface area contributed by atoms with Crippen LogP contribution >= 0.6 is 0 Å². The maximum absolute atomic E-state index is 12.9. The Morgan fingerprint density at radius 3 is 2.83 bits per heavy atom. The highest BCUT2D eigenvalue weighted by Crippen LogP contribution is 2.27. The SMILES string of the molecule is CCC(=O)CCCCC[C@H](NC(=O)C1C[N+](C)(OC=O)C1)c1nnc(-c2ccc3cccnc3n2)o1. The van der Waals surface area contributed by atoms with Crippen LogP contribution in [0.15, 0.2) is 34.9 Å². The van der Waals surface area contributed by atoms with Crippen LogP contribution in [0.3, 0.4) is 0 Å². The van der Waals surface area contributed by atoms with E-state index in [0.717, 1.165) is 24.6 Å². The highest BCUT2D eigenvalue weighted by molar-refractivity contribution is 5.80. The summed E-state index contributed by atoms with van der Waals surface area (Å²) in [7, 11) is 1.75. The number of ketones is 1. The van der Waals surface area contributed by atoms with Gasteiger partial charge in [-0.1, -0.05) is 19.8 Å². The van der Waals surface area contributed by atoms with Crippen molar-refractivity contribution in [3.05, 3.63) is 36.4 Å². The van der Waals surface area contributed by atoms with Gasteiger partial charge in [-0.25, -0.2) is 14.8 Å². The van der Waals surface area contributed by atoms with E-state index in [1.165, 1.54) is 0 Å². The van der Waals surface area contributed by atoms with Crippen molar-refractivity contribution in [3.8, 4) is 11.6 Å². The number of Topliss-reactive ketones (excluding diaryl/α,β-unsaturated/α-hetero) is 1. The van der Waals surface area contributed by atoms with Gasteiger partial charge >= 0.3 is 6.47 Å². The van der Waals surface area contributed by atoms with Crippen LogP contribution in [0, 0.1) is 5.92 Å². The van der Waals surface area contributed by atoms with E-state index < -0.39 is 6.04 Å². The highest BCUT2D eigenvalue weighted by atomic mass is 16.7. The van der Waals surface area contributed by atoms with Crippen molar-refractivity contribution < 1.29 is 28.3 Å². The van der Waals surface area contributed by atoms with Crippen LogP contribution in [-0.4, -0.2) is 63.1 Å². The number of carbonyl (C=O) groups is 3. The van der Waals surface area contributed by atoms with Crippen LogP contribution in [0.1, 0.15) is 57.4 Å². The predicted octanol–water partition coefficient (Wildman–Crippen LogP) is 2.93.